The van der Waals surface area contributed by atoms with Gasteiger partial charge in [0.2, 0.25) is 11.5 Å². The van der Waals surface area contributed by atoms with Gasteiger partial charge in [-0.1, -0.05) is 6.07 Å². The molecule has 1 unspecified atom stereocenters. The highest BCUT2D eigenvalue weighted by Crippen LogP contribution is 2.05. The van der Waals surface area contributed by atoms with Crippen molar-refractivity contribution in [1.29, 1.82) is 0 Å². The number of amides is 1. The largest absolute Gasteiger partial charge is 0.385 e. The number of ether oxygens (including phenoxy) is 1. The van der Waals surface area contributed by atoms with Crippen molar-refractivity contribution in [3.63, 3.8) is 0 Å². The summed E-state index contributed by atoms with van der Waals surface area (Å²) >= 11 is 0. The summed E-state index contributed by atoms with van der Waals surface area (Å²) in [5.74, 6) is -0.149. The molecule has 2 heterocycles. The van der Waals surface area contributed by atoms with Crippen LogP contribution in [0.25, 0.3) is 0 Å². The lowest BCUT2D eigenvalue weighted by atomic mass is 10.2. The zero-order valence-electron chi connectivity index (χ0n) is 11.2. The van der Waals surface area contributed by atoms with Crippen molar-refractivity contribution in [2.24, 2.45) is 0 Å². The second-order valence-corrected chi connectivity index (χ2v) is 4.68. The Kier molecular flexibility index (Phi) is 5.28. The minimum absolute atomic E-state index is 0.0725. The van der Waals surface area contributed by atoms with Gasteiger partial charge in [-0.2, -0.15) is 0 Å². The van der Waals surface area contributed by atoms with E-state index in [1.54, 1.807) is 12.1 Å². The molecule has 0 radical (unpaired) electrons. The number of rotatable bonds is 5. The molecule has 1 aliphatic rings. The maximum atomic E-state index is 11.7. The topological polar surface area (TPSA) is 94.7 Å². The lowest BCUT2D eigenvalue weighted by molar-refractivity contribution is -0.123. The molecular weight excluding hydrogens is 262 g/mol. The van der Waals surface area contributed by atoms with Gasteiger partial charge in [0, 0.05) is 31.4 Å². The molecule has 0 bridgehead atoms. The molecule has 0 saturated carbocycles. The first-order valence-corrected chi connectivity index (χ1v) is 6.59. The number of aliphatic hydroxyl groups excluding tert-OH is 1. The number of aromatic nitrogens is 1. The number of carbonyl (C=O) groups excluding carboxylic acids is 1. The molecule has 20 heavy (non-hydrogen) atoms. The first-order valence-electron chi connectivity index (χ1n) is 6.59. The lowest BCUT2D eigenvalue weighted by Crippen LogP contribution is -2.43. The fourth-order valence-electron chi connectivity index (χ4n) is 2.00. The molecule has 110 valence electrons. The van der Waals surface area contributed by atoms with Crippen molar-refractivity contribution in [1.82, 2.24) is 15.2 Å². The molecule has 1 amide bonds. The van der Waals surface area contributed by atoms with Gasteiger partial charge in [0.25, 0.3) is 0 Å². The van der Waals surface area contributed by atoms with Crippen LogP contribution in [0.15, 0.2) is 23.0 Å². The standard InChI is InChI=1S/C13H19N3O4/c17-11(10-2-1-3-12(18)15-10)8-14-13(19)9-16-4-6-20-7-5-16/h1-3,11,17H,4-9H2,(H,14,19)(H,15,18). The molecule has 1 aliphatic heterocycles. The van der Waals surface area contributed by atoms with Gasteiger partial charge >= 0.3 is 0 Å². The molecule has 2 rings (SSSR count). The van der Waals surface area contributed by atoms with E-state index in [4.69, 9.17) is 4.74 Å². The SMILES string of the molecule is O=C(CN1CCOCC1)NCC(O)c1cccc(=O)[nH]1. The molecule has 0 aliphatic carbocycles. The Morgan fingerprint density at radius 2 is 2.20 bits per heavy atom. The highest BCUT2D eigenvalue weighted by Gasteiger charge is 2.15. The highest BCUT2D eigenvalue weighted by atomic mass is 16.5. The normalized spacial score (nSPS) is 17.6. The van der Waals surface area contributed by atoms with Gasteiger partial charge in [0.05, 0.1) is 19.8 Å². The Morgan fingerprint density at radius 3 is 2.90 bits per heavy atom. The molecule has 7 nitrogen and oxygen atoms in total. The fraction of sp³-hybridized carbons (Fsp3) is 0.538. The molecule has 1 aromatic rings. The Hall–Kier alpha value is -1.70. The van der Waals surface area contributed by atoms with E-state index >= 15 is 0 Å². The van der Waals surface area contributed by atoms with Crippen LogP contribution in [0.3, 0.4) is 0 Å². The number of pyridine rings is 1. The van der Waals surface area contributed by atoms with E-state index < -0.39 is 6.10 Å². The number of carbonyl (C=O) groups is 1. The van der Waals surface area contributed by atoms with Crippen molar-refractivity contribution in [2.75, 3.05) is 39.4 Å². The molecular formula is C13H19N3O4. The minimum Gasteiger partial charge on any atom is -0.385 e. The van der Waals surface area contributed by atoms with Crippen molar-refractivity contribution >= 4 is 5.91 Å². The number of H-pyrrole nitrogens is 1. The third-order valence-electron chi connectivity index (χ3n) is 3.11. The zero-order valence-corrected chi connectivity index (χ0v) is 11.2. The average Bonchev–Trinajstić information content (AvgIpc) is 2.46. The highest BCUT2D eigenvalue weighted by molar-refractivity contribution is 5.78. The van der Waals surface area contributed by atoms with Crippen LogP contribution in [0.2, 0.25) is 0 Å². The van der Waals surface area contributed by atoms with E-state index in [0.29, 0.717) is 25.5 Å². The third kappa shape index (κ3) is 4.44. The Labute approximate surface area is 116 Å². The number of nitrogens with one attached hydrogen (secondary N) is 2. The minimum atomic E-state index is -0.919. The summed E-state index contributed by atoms with van der Waals surface area (Å²) in [4.78, 5) is 27.4. The maximum Gasteiger partial charge on any atom is 0.248 e. The lowest BCUT2D eigenvalue weighted by Gasteiger charge is -2.26. The quantitative estimate of drug-likeness (QED) is 0.634. The van der Waals surface area contributed by atoms with E-state index in [2.05, 4.69) is 10.3 Å². The monoisotopic (exact) mass is 281 g/mol. The van der Waals surface area contributed by atoms with Gasteiger partial charge in [-0.25, -0.2) is 0 Å². The van der Waals surface area contributed by atoms with Crippen molar-refractivity contribution in [3.05, 3.63) is 34.2 Å². The first kappa shape index (κ1) is 14.7. The molecule has 7 heteroatoms. The van der Waals surface area contributed by atoms with Gasteiger partial charge in [-0.3, -0.25) is 14.5 Å². The van der Waals surface area contributed by atoms with E-state index in [-0.39, 0.29) is 18.0 Å². The fourth-order valence-corrected chi connectivity index (χ4v) is 2.00. The van der Waals surface area contributed by atoms with E-state index in [9.17, 15) is 14.7 Å². The number of morpholine rings is 1. The number of nitrogens with zero attached hydrogens (tertiary/aromatic N) is 1. The third-order valence-corrected chi connectivity index (χ3v) is 3.11. The summed E-state index contributed by atoms with van der Waals surface area (Å²) in [6, 6.07) is 4.54. The van der Waals surface area contributed by atoms with Crippen LogP contribution in [0.4, 0.5) is 0 Å². The molecule has 1 fully saturated rings. The molecule has 1 saturated heterocycles. The summed E-state index contributed by atoms with van der Waals surface area (Å²) < 4.78 is 5.20. The van der Waals surface area contributed by atoms with Crippen LogP contribution < -0.4 is 10.9 Å². The molecule has 0 spiro atoms. The smallest absolute Gasteiger partial charge is 0.248 e. The summed E-state index contributed by atoms with van der Waals surface area (Å²) in [5, 5.41) is 12.5. The van der Waals surface area contributed by atoms with E-state index in [0.717, 1.165) is 13.1 Å². The van der Waals surface area contributed by atoms with Crippen molar-refractivity contribution < 1.29 is 14.6 Å². The Morgan fingerprint density at radius 1 is 1.45 bits per heavy atom. The van der Waals surface area contributed by atoms with Crippen molar-refractivity contribution in [3.8, 4) is 0 Å². The van der Waals surface area contributed by atoms with Gasteiger partial charge in [0.1, 0.15) is 6.10 Å². The summed E-state index contributed by atoms with van der Waals surface area (Å²) in [5.41, 5.74) is 0.116. The predicted molar refractivity (Wildman–Crippen MR) is 72.3 cm³/mol. The Balaban J connectivity index is 1.76. The van der Waals surface area contributed by atoms with Crippen molar-refractivity contribution in [2.45, 2.75) is 6.10 Å². The number of hydrogen-bond acceptors (Lipinski definition) is 5. The molecule has 3 N–H and O–H groups in total. The van der Waals surface area contributed by atoms with Crippen LogP contribution in [0.1, 0.15) is 11.8 Å². The Bertz CT molecular complexity index is 496. The van der Waals surface area contributed by atoms with Crippen LogP contribution >= 0.6 is 0 Å². The zero-order chi connectivity index (χ0) is 14.4. The molecule has 1 atom stereocenters. The summed E-state index contributed by atoms with van der Waals surface area (Å²) in [6.45, 7) is 3.12. The first-order chi connectivity index (χ1) is 9.65. The van der Waals surface area contributed by atoms with Crippen LogP contribution in [-0.2, 0) is 9.53 Å². The second-order valence-electron chi connectivity index (χ2n) is 4.68. The van der Waals surface area contributed by atoms with Gasteiger partial charge in [-0.05, 0) is 6.07 Å². The molecule has 1 aromatic heterocycles. The van der Waals surface area contributed by atoms with Crippen LogP contribution in [0, 0.1) is 0 Å². The number of aliphatic hydroxyl groups is 1. The maximum absolute atomic E-state index is 11.7. The van der Waals surface area contributed by atoms with Crippen LogP contribution in [-0.4, -0.2) is 60.3 Å². The predicted octanol–water partition coefficient (Wildman–Crippen LogP) is -1.14. The second kappa shape index (κ2) is 7.18. The number of aromatic amines is 1. The van der Waals surface area contributed by atoms with E-state index in [1.165, 1.54) is 6.07 Å². The average molecular weight is 281 g/mol. The summed E-state index contributed by atoms with van der Waals surface area (Å²) in [7, 11) is 0. The number of hydrogen-bond donors (Lipinski definition) is 3. The van der Waals surface area contributed by atoms with Gasteiger partial charge < -0.3 is 20.1 Å². The summed E-state index contributed by atoms with van der Waals surface area (Å²) in [6.07, 6.45) is -0.919. The van der Waals surface area contributed by atoms with Gasteiger partial charge in [0.15, 0.2) is 0 Å². The van der Waals surface area contributed by atoms with Gasteiger partial charge in [-0.15, -0.1) is 0 Å². The van der Waals surface area contributed by atoms with Crippen LogP contribution in [0.5, 0.6) is 0 Å². The van der Waals surface area contributed by atoms with E-state index in [1.807, 2.05) is 4.90 Å². The molecule has 0 aromatic carbocycles.